The summed E-state index contributed by atoms with van der Waals surface area (Å²) in [6.45, 7) is 0. The standard InChI is InChI=1S/C30H37IP/c31-26-18-7-5-3-1-2-4-6-8-19-27-32(28-20-12-9-13-21-28,29-22-14-10-15-23-29)30-24-16-11-17-25-30/h8-17,19-25H,1-7,18,26-27H2/q+1. The highest BCUT2D eigenvalue weighted by Gasteiger charge is 2.43. The summed E-state index contributed by atoms with van der Waals surface area (Å²) in [5, 5.41) is 4.40. The van der Waals surface area contributed by atoms with Crippen LogP contribution >= 0.6 is 29.9 Å². The number of allylic oxidation sites excluding steroid dienone is 2. The van der Waals surface area contributed by atoms with Crippen molar-refractivity contribution in [2.45, 2.75) is 51.4 Å². The van der Waals surface area contributed by atoms with Gasteiger partial charge >= 0.3 is 0 Å². The van der Waals surface area contributed by atoms with Crippen LogP contribution in [0.15, 0.2) is 103 Å². The number of unbranched alkanes of at least 4 members (excludes halogenated alkanes) is 7. The second-order valence-electron chi connectivity index (χ2n) is 8.42. The molecule has 0 aromatic heterocycles. The number of rotatable bonds is 14. The molecule has 0 aliphatic heterocycles. The number of hydrogen-bond donors (Lipinski definition) is 0. The van der Waals surface area contributed by atoms with E-state index in [1.165, 1.54) is 71.7 Å². The number of benzene rings is 3. The molecule has 3 aromatic carbocycles. The number of halogens is 1. The molecule has 0 bridgehead atoms. The Labute approximate surface area is 210 Å². The van der Waals surface area contributed by atoms with Gasteiger partial charge in [-0.1, -0.05) is 121 Å². The Morgan fingerprint density at radius 1 is 0.500 bits per heavy atom. The average Bonchev–Trinajstić information content (AvgIpc) is 2.87. The van der Waals surface area contributed by atoms with E-state index in [-0.39, 0.29) is 0 Å². The highest BCUT2D eigenvalue weighted by Crippen LogP contribution is 2.55. The molecule has 0 saturated heterocycles. The average molecular weight is 556 g/mol. The molecule has 0 N–H and O–H groups in total. The van der Waals surface area contributed by atoms with Gasteiger partial charge in [0.15, 0.2) is 0 Å². The SMILES string of the molecule is ICCCCCCCCCC=CC[P+](c1ccccc1)(c1ccccc1)c1ccccc1. The normalized spacial score (nSPS) is 11.8. The zero-order valence-electron chi connectivity index (χ0n) is 19.2. The van der Waals surface area contributed by atoms with E-state index in [9.17, 15) is 0 Å². The molecule has 3 rings (SSSR count). The van der Waals surface area contributed by atoms with Crippen LogP contribution in [-0.4, -0.2) is 10.6 Å². The molecule has 32 heavy (non-hydrogen) atoms. The van der Waals surface area contributed by atoms with Crippen molar-refractivity contribution in [2.24, 2.45) is 0 Å². The van der Waals surface area contributed by atoms with Crippen molar-refractivity contribution in [1.29, 1.82) is 0 Å². The van der Waals surface area contributed by atoms with Crippen LogP contribution in [0.4, 0.5) is 0 Å². The van der Waals surface area contributed by atoms with Crippen LogP contribution in [0.2, 0.25) is 0 Å². The van der Waals surface area contributed by atoms with Gasteiger partial charge < -0.3 is 0 Å². The fourth-order valence-electron chi connectivity index (χ4n) is 4.40. The van der Waals surface area contributed by atoms with Gasteiger partial charge in [0.1, 0.15) is 23.2 Å². The molecule has 0 fully saturated rings. The van der Waals surface area contributed by atoms with Crippen molar-refractivity contribution in [3.8, 4) is 0 Å². The molecule has 0 saturated carbocycles. The highest BCUT2D eigenvalue weighted by atomic mass is 127. The lowest BCUT2D eigenvalue weighted by Crippen LogP contribution is -2.32. The van der Waals surface area contributed by atoms with Crippen LogP contribution in [-0.2, 0) is 0 Å². The van der Waals surface area contributed by atoms with Crippen LogP contribution in [0.25, 0.3) is 0 Å². The smallest absolute Gasteiger partial charge is 0.0864 e. The van der Waals surface area contributed by atoms with Crippen molar-refractivity contribution >= 4 is 45.8 Å². The van der Waals surface area contributed by atoms with Gasteiger partial charge in [-0.15, -0.1) is 0 Å². The summed E-state index contributed by atoms with van der Waals surface area (Å²) in [6.07, 6.45) is 16.9. The van der Waals surface area contributed by atoms with Crippen molar-refractivity contribution in [1.82, 2.24) is 0 Å². The highest BCUT2D eigenvalue weighted by molar-refractivity contribution is 14.1. The number of hydrogen-bond acceptors (Lipinski definition) is 0. The Balaban J connectivity index is 1.71. The minimum atomic E-state index is -1.72. The molecule has 0 aliphatic carbocycles. The molecule has 0 radical (unpaired) electrons. The second-order valence-corrected chi connectivity index (χ2v) is 13.0. The molecule has 0 nitrogen and oxygen atoms in total. The predicted molar refractivity (Wildman–Crippen MR) is 155 cm³/mol. The zero-order chi connectivity index (χ0) is 22.3. The maximum Gasteiger partial charge on any atom is 0.115 e. The molecule has 168 valence electrons. The first kappa shape index (κ1) is 25.2. The van der Waals surface area contributed by atoms with Gasteiger partial charge in [-0.2, -0.15) is 0 Å². The van der Waals surface area contributed by atoms with Gasteiger partial charge in [0.2, 0.25) is 0 Å². The van der Waals surface area contributed by atoms with E-state index >= 15 is 0 Å². The van der Waals surface area contributed by atoms with Gasteiger partial charge in [0, 0.05) is 0 Å². The fourth-order valence-corrected chi connectivity index (χ4v) is 8.98. The van der Waals surface area contributed by atoms with Crippen LogP contribution in [0.5, 0.6) is 0 Å². The first-order valence-corrected chi connectivity index (χ1v) is 15.6. The van der Waals surface area contributed by atoms with Gasteiger partial charge in [-0.05, 0) is 60.1 Å². The summed E-state index contributed by atoms with van der Waals surface area (Å²) in [7, 11) is -1.72. The lowest BCUT2D eigenvalue weighted by Gasteiger charge is -2.26. The van der Waals surface area contributed by atoms with E-state index in [0.29, 0.717) is 0 Å². The largest absolute Gasteiger partial charge is 0.115 e. The van der Waals surface area contributed by atoms with Crippen molar-refractivity contribution in [2.75, 3.05) is 10.6 Å². The molecule has 0 atom stereocenters. The Morgan fingerprint density at radius 2 is 0.906 bits per heavy atom. The van der Waals surface area contributed by atoms with Crippen LogP contribution in [0.1, 0.15) is 51.4 Å². The lowest BCUT2D eigenvalue weighted by atomic mass is 10.1. The molecule has 3 aromatic rings. The minimum Gasteiger partial charge on any atom is -0.0864 e. The van der Waals surface area contributed by atoms with E-state index in [1.807, 2.05) is 0 Å². The predicted octanol–water partition coefficient (Wildman–Crippen LogP) is 8.09. The van der Waals surface area contributed by atoms with E-state index in [4.69, 9.17) is 0 Å². The number of alkyl halides is 1. The van der Waals surface area contributed by atoms with Crippen molar-refractivity contribution < 1.29 is 0 Å². The van der Waals surface area contributed by atoms with Gasteiger partial charge in [0.25, 0.3) is 0 Å². The molecule has 0 amide bonds. The zero-order valence-corrected chi connectivity index (χ0v) is 22.3. The lowest BCUT2D eigenvalue weighted by molar-refractivity contribution is 0.594. The molecule has 2 heteroatoms. The molecule has 0 spiro atoms. The summed E-state index contributed by atoms with van der Waals surface area (Å²) in [4.78, 5) is 0. The molecular formula is C30H37IP+. The summed E-state index contributed by atoms with van der Waals surface area (Å²) in [5.41, 5.74) is 0. The molecular weight excluding hydrogens is 518 g/mol. The maximum absolute atomic E-state index is 2.49. The van der Waals surface area contributed by atoms with E-state index < -0.39 is 7.26 Å². The molecule has 0 heterocycles. The van der Waals surface area contributed by atoms with Crippen molar-refractivity contribution in [3.63, 3.8) is 0 Å². The molecule has 0 aliphatic rings. The Hall–Kier alpha value is -1.44. The third-order valence-corrected chi connectivity index (χ3v) is 11.2. The Bertz CT molecular complexity index is 793. The summed E-state index contributed by atoms with van der Waals surface area (Å²) in [6, 6.07) is 33.6. The van der Waals surface area contributed by atoms with Gasteiger partial charge in [0.05, 0.1) is 6.16 Å². The Kier molecular flexibility index (Phi) is 11.5. The fraction of sp³-hybridized carbons (Fsp3) is 0.333. The topological polar surface area (TPSA) is 0 Å². The summed E-state index contributed by atoms with van der Waals surface area (Å²) < 4.78 is 1.31. The summed E-state index contributed by atoms with van der Waals surface area (Å²) in [5.74, 6) is 0. The van der Waals surface area contributed by atoms with Gasteiger partial charge in [-0.3, -0.25) is 0 Å². The van der Waals surface area contributed by atoms with E-state index in [2.05, 4.69) is 126 Å². The first-order valence-electron chi connectivity index (χ1n) is 12.1. The molecule has 0 unspecified atom stereocenters. The third kappa shape index (κ3) is 7.29. The van der Waals surface area contributed by atoms with E-state index in [1.54, 1.807) is 0 Å². The second kappa shape index (κ2) is 14.7. The Morgan fingerprint density at radius 3 is 1.34 bits per heavy atom. The van der Waals surface area contributed by atoms with E-state index in [0.717, 1.165) is 6.16 Å². The maximum atomic E-state index is 2.49. The van der Waals surface area contributed by atoms with Gasteiger partial charge in [-0.25, -0.2) is 0 Å². The van der Waals surface area contributed by atoms with Crippen LogP contribution in [0.3, 0.4) is 0 Å². The third-order valence-electron chi connectivity index (χ3n) is 6.14. The monoisotopic (exact) mass is 555 g/mol. The first-order chi connectivity index (χ1) is 15.9. The van der Waals surface area contributed by atoms with Crippen molar-refractivity contribution in [3.05, 3.63) is 103 Å². The quantitative estimate of drug-likeness (QED) is 0.0620. The minimum absolute atomic E-state index is 1.08. The summed E-state index contributed by atoms with van der Waals surface area (Å²) >= 11 is 2.49. The van der Waals surface area contributed by atoms with Crippen LogP contribution < -0.4 is 15.9 Å². The van der Waals surface area contributed by atoms with Crippen LogP contribution in [0, 0.1) is 0 Å².